The number of hydrogen-bond donors (Lipinski definition) is 0. The van der Waals surface area contributed by atoms with Crippen LogP contribution in [0.1, 0.15) is 60.1 Å². The highest BCUT2D eigenvalue weighted by Gasteiger charge is 2.52. The average molecular weight is 557 g/mol. The largest absolute Gasteiger partial charge is 0.456 e. The van der Waals surface area contributed by atoms with Crippen LogP contribution in [0.3, 0.4) is 0 Å². The van der Waals surface area contributed by atoms with Crippen molar-refractivity contribution in [2.24, 2.45) is 0 Å². The maximum Gasteiger partial charge on any atom is 0.135 e. The summed E-state index contributed by atoms with van der Waals surface area (Å²) in [4.78, 5) is 0. The maximum absolute atomic E-state index is 5.71. The third-order valence-electron chi connectivity index (χ3n) is 9.20. The Hall–Kier alpha value is -4.88. The van der Waals surface area contributed by atoms with Crippen molar-refractivity contribution < 1.29 is 4.42 Å². The molecule has 43 heavy (non-hydrogen) atoms. The second-order valence-corrected chi connectivity index (χ2v) is 11.8. The van der Waals surface area contributed by atoms with Gasteiger partial charge in [-0.25, -0.2) is 0 Å². The first kappa shape index (κ1) is 27.0. The highest BCUT2D eigenvalue weighted by Crippen LogP contribution is 2.62. The van der Waals surface area contributed by atoms with Gasteiger partial charge in [0.25, 0.3) is 0 Å². The molecule has 0 fully saturated rings. The van der Waals surface area contributed by atoms with E-state index in [0.29, 0.717) is 0 Å². The third kappa shape index (κ3) is 3.99. The fourth-order valence-corrected chi connectivity index (χ4v) is 7.39. The van der Waals surface area contributed by atoms with Crippen molar-refractivity contribution in [1.82, 2.24) is 0 Å². The van der Waals surface area contributed by atoms with Gasteiger partial charge in [0.15, 0.2) is 0 Å². The van der Waals surface area contributed by atoms with E-state index >= 15 is 0 Å². The van der Waals surface area contributed by atoms with Crippen molar-refractivity contribution in [2.45, 2.75) is 39.0 Å². The van der Waals surface area contributed by atoms with Crippen LogP contribution >= 0.6 is 0 Å². The Balaban J connectivity index is 0.000000178. The summed E-state index contributed by atoms with van der Waals surface area (Å²) >= 11 is 0. The van der Waals surface area contributed by atoms with Crippen LogP contribution in [0.4, 0.5) is 0 Å². The number of furan rings is 1. The summed E-state index contributed by atoms with van der Waals surface area (Å²) in [6.07, 6.45) is 13.4. The molecule has 1 heterocycles. The lowest BCUT2D eigenvalue weighted by Gasteiger charge is -2.33. The Morgan fingerprint density at radius 1 is 0.860 bits per heavy atom. The minimum Gasteiger partial charge on any atom is -0.456 e. The lowest BCUT2D eigenvalue weighted by molar-refractivity contribution is 0.669. The first-order valence-electron chi connectivity index (χ1n) is 15.2. The van der Waals surface area contributed by atoms with Gasteiger partial charge in [-0.05, 0) is 108 Å². The smallest absolute Gasteiger partial charge is 0.135 e. The minimum absolute atomic E-state index is 0.278. The van der Waals surface area contributed by atoms with Crippen LogP contribution < -0.4 is 0 Å². The fourth-order valence-electron chi connectivity index (χ4n) is 7.39. The SMILES string of the molecule is C=CC1=C(/C=C\C)c2ccc(C(=C)C)cc2C12C1=C(CCC=C1)c1ccccc12.Cc1ccc2oc3ccccc3c2c1. The molecule has 0 N–H and O–H groups in total. The van der Waals surface area contributed by atoms with E-state index in [1.165, 1.54) is 66.4 Å². The monoisotopic (exact) mass is 556 g/mol. The molecule has 8 rings (SSSR count). The number of rotatable bonds is 3. The highest BCUT2D eigenvalue weighted by atomic mass is 16.3. The quantitative estimate of drug-likeness (QED) is 0.215. The molecule has 0 radical (unpaired) electrons. The first-order valence-corrected chi connectivity index (χ1v) is 15.2. The van der Waals surface area contributed by atoms with Crippen molar-refractivity contribution in [3.8, 4) is 0 Å². The molecule has 0 saturated heterocycles. The zero-order chi connectivity index (χ0) is 29.7. The molecule has 0 bridgehead atoms. The van der Waals surface area contributed by atoms with Gasteiger partial charge >= 0.3 is 0 Å². The Bertz CT molecular complexity index is 2090. The van der Waals surface area contributed by atoms with Gasteiger partial charge in [0.05, 0.1) is 5.41 Å². The van der Waals surface area contributed by atoms with Crippen LogP contribution in [0.15, 0.2) is 144 Å². The summed E-state index contributed by atoms with van der Waals surface area (Å²) < 4.78 is 5.71. The van der Waals surface area contributed by atoms with Gasteiger partial charge in [0.1, 0.15) is 11.2 Å². The van der Waals surface area contributed by atoms with E-state index in [2.05, 4.69) is 125 Å². The van der Waals surface area contributed by atoms with Crippen molar-refractivity contribution >= 4 is 38.7 Å². The molecule has 1 unspecified atom stereocenters. The van der Waals surface area contributed by atoms with E-state index in [-0.39, 0.29) is 5.41 Å². The van der Waals surface area contributed by atoms with E-state index in [1.54, 1.807) is 0 Å². The molecule has 0 aliphatic heterocycles. The molecule has 4 aromatic carbocycles. The molecule has 1 nitrogen and oxygen atoms in total. The Kier molecular flexibility index (Phi) is 6.55. The van der Waals surface area contributed by atoms with Crippen molar-refractivity contribution in [2.75, 3.05) is 0 Å². The topological polar surface area (TPSA) is 13.1 Å². The van der Waals surface area contributed by atoms with Crippen LogP contribution in [0, 0.1) is 6.92 Å². The van der Waals surface area contributed by atoms with Gasteiger partial charge in [-0.2, -0.15) is 0 Å². The molecule has 0 amide bonds. The Labute approximate surface area is 254 Å². The third-order valence-corrected chi connectivity index (χ3v) is 9.20. The van der Waals surface area contributed by atoms with Crippen LogP contribution in [0.25, 0.3) is 38.7 Å². The van der Waals surface area contributed by atoms with Gasteiger partial charge in [-0.1, -0.05) is 115 Å². The number of hydrogen-bond acceptors (Lipinski definition) is 1. The van der Waals surface area contributed by atoms with Crippen molar-refractivity contribution in [3.05, 3.63) is 173 Å². The molecule has 3 aliphatic rings. The number of benzene rings is 4. The van der Waals surface area contributed by atoms with Gasteiger partial charge < -0.3 is 4.42 Å². The molecule has 1 atom stereocenters. The van der Waals surface area contributed by atoms with Crippen molar-refractivity contribution in [3.63, 3.8) is 0 Å². The lowest BCUT2D eigenvalue weighted by Crippen LogP contribution is -2.28. The van der Waals surface area contributed by atoms with Gasteiger partial charge in [0, 0.05) is 10.8 Å². The first-order chi connectivity index (χ1) is 21.0. The van der Waals surface area contributed by atoms with Crippen molar-refractivity contribution in [1.29, 1.82) is 0 Å². The predicted molar refractivity (Wildman–Crippen MR) is 184 cm³/mol. The molecule has 1 aromatic heterocycles. The van der Waals surface area contributed by atoms with E-state index in [0.717, 1.165) is 29.6 Å². The Morgan fingerprint density at radius 3 is 2.47 bits per heavy atom. The standard InChI is InChI=1S/C29H26.C13H10O/c1-5-11-21-24-17-16-20(19(3)4)18-28(24)29(25(21)6-2)26-14-9-7-12-22(26)23-13-8-10-15-27(23)29;1-9-6-7-13-11(8-9)10-4-2-3-5-12(10)14-13/h5-7,9-12,14-18H,2-3,8,13H2,1,4H3;2-8H,1H3/b11-5-;. The summed E-state index contributed by atoms with van der Waals surface area (Å²) in [6, 6.07) is 30.2. The maximum atomic E-state index is 5.71. The summed E-state index contributed by atoms with van der Waals surface area (Å²) in [5.74, 6) is 0. The molecular weight excluding hydrogens is 520 g/mol. The Morgan fingerprint density at radius 2 is 1.65 bits per heavy atom. The van der Waals surface area contributed by atoms with Gasteiger partial charge in [0.2, 0.25) is 0 Å². The average Bonchev–Trinajstić information content (AvgIpc) is 3.64. The molecule has 1 heteroatoms. The summed E-state index contributed by atoms with van der Waals surface area (Å²) in [5.41, 5.74) is 16.2. The predicted octanol–water partition coefficient (Wildman–Crippen LogP) is 11.5. The van der Waals surface area contributed by atoms with Gasteiger partial charge in [-0.15, -0.1) is 0 Å². The van der Waals surface area contributed by atoms with E-state index < -0.39 is 0 Å². The highest BCUT2D eigenvalue weighted by molar-refractivity contribution is 6.05. The molecule has 3 aliphatic carbocycles. The number of aryl methyl sites for hydroxylation is 1. The molecular formula is C42H36O. The summed E-state index contributed by atoms with van der Waals surface area (Å²) in [6.45, 7) is 14.8. The van der Waals surface area contributed by atoms with Crippen LogP contribution in [-0.2, 0) is 5.41 Å². The summed E-state index contributed by atoms with van der Waals surface area (Å²) in [7, 11) is 0. The second kappa shape index (κ2) is 10.4. The molecule has 5 aromatic rings. The zero-order valence-corrected chi connectivity index (χ0v) is 25.2. The van der Waals surface area contributed by atoms with Gasteiger partial charge in [-0.3, -0.25) is 0 Å². The number of para-hydroxylation sites is 1. The second-order valence-electron chi connectivity index (χ2n) is 11.8. The normalized spacial score (nSPS) is 18.3. The number of allylic oxidation sites excluding steroid dienone is 10. The van der Waals surface area contributed by atoms with Crippen LogP contribution in [-0.4, -0.2) is 0 Å². The zero-order valence-electron chi connectivity index (χ0n) is 25.2. The van der Waals surface area contributed by atoms with E-state index in [9.17, 15) is 0 Å². The van der Waals surface area contributed by atoms with Crippen LogP contribution in [0.2, 0.25) is 0 Å². The molecule has 1 spiro atoms. The van der Waals surface area contributed by atoms with E-state index in [4.69, 9.17) is 4.42 Å². The van der Waals surface area contributed by atoms with Crippen LogP contribution in [0.5, 0.6) is 0 Å². The van der Waals surface area contributed by atoms with E-state index in [1.807, 2.05) is 24.3 Å². The molecule has 210 valence electrons. The number of fused-ring (bicyclic) bond motifs is 9. The fraction of sp³-hybridized carbons (Fsp3) is 0.143. The summed E-state index contributed by atoms with van der Waals surface area (Å²) in [5, 5.41) is 2.41. The minimum atomic E-state index is -0.278. The lowest BCUT2D eigenvalue weighted by atomic mass is 9.68. The molecule has 0 saturated carbocycles.